The van der Waals surface area contributed by atoms with E-state index in [0.29, 0.717) is 11.0 Å². The second kappa shape index (κ2) is 5.49. The lowest BCUT2D eigenvalue weighted by atomic mass is 10.2. The summed E-state index contributed by atoms with van der Waals surface area (Å²) in [5.41, 5.74) is 0.762. The van der Waals surface area contributed by atoms with Crippen molar-refractivity contribution in [2.75, 3.05) is 0 Å². The molecular formula is C11H15BrFNOS. The van der Waals surface area contributed by atoms with Crippen LogP contribution in [0.2, 0.25) is 0 Å². The first-order valence-electron chi connectivity index (χ1n) is 4.90. The predicted molar refractivity (Wildman–Crippen MR) is 68.8 cm³/mol. The fourth-order valence-corrected chi connectivity index (χ4v) is 2.17. The van der Waals surface area contributed by atoms with Gasteiger partial charge in [-0.1, -0.05) is 12.1 Å². The van der Waals surface area contributed by atoms with E-state index in [2.05, 4.69) is 20.7 Å². The van der Waals surface area contributed by atoms with E-state index >= 15 is 0 Å². The average Bonchev–Trinajstić information content (AvgIpc) is 2.18. The van der Waals surface area contributed by atoms with E-state index in [0.717, 1.165) is 5.56 Å². The molecule has 0 bridgehead atoms. The van der Waals surface area contributed by atoms with Gasteiger partial charge in [0, 0.05) is 11.4 Å². The molecule has 16 heavy (non-hydrogen) atoms. The van der Waals surface area contributed by atoms with Crippen LogP contribution < -0.4 is 4.72 Å². The molecule has 1 aromatic carbocycles. The molecule has 5 heteroatoms. The standard InChI is InChI=1S/C11H15BrFNOS/c1-11(2,3)16(15)14-7-8-5-4-6-9(13)10(8)12/h4-6,14H,7H2,1-3H3. The first-order chi connectivity index (χ1) is 7.32. The van der Waals surface area contributed by atoms with Crippen molar-refractivity contribution in [2.45, 2.75) is 32.1 Å². The fourth-order valence-electron chi connectivity index (χ4n) is 1.04. The minimum Gasteiger partial charge on any atom is -0.598 e. The first kappa shape index (κ1) is 14.0. The molecule has 0 radical (unpaired) electrons. The van der Waals surface area contributed by atoms with E-state index in [9.17, 15) is 8.94 Å². The Morgan fingerprint density at radius 3 is 2.62 bits per heavy atom. The number of hydrogen-bond acceptors (Lipinski definition) is 2. The van der Waals surface area contributed by atoms with E-state index in [1.807, 2.05) is 20.8 Å². The molecule has 0 saturated carbocycles. The first-order valence-corrected chi connectivity index (χ1v) is 6.85. The summed E-state index contributed by atoms with van der Waals surface area (Å²) in [6.07, 6.45) is 0. The average molecular weight is 308 g/mol. The zero-order valence-electron chi connectivity index (χ0n) is 9.51. The third-order valence-electron chi connectivity index (χ3n) is 1.98. The van der Waals surface area contributed by atoms with Gasteiger partial charge in [-0.25, -0.2) is 4.39 Å². The number of rotatable bonds is 3. The Labute approximate surface area is 107 Å². The Morgan fingerprint density at radius 2 is 2.06 bits per heavy atom. The maximum atomic E-state index is 13.2. The lowest BCUT2D eigenvalue weighted by molar-refractivity contribution is 0.543. The molecule has 0 amide bonds. The number of halogens is 2. The van der Waals surface area contributed by atoms with Gasteiger partial charge >= 0.3 is 0 Å². The maximum absolute atomic E-state index is 13.2. The van der Waals surface area contributed by atoms with Gasteiger partial charge < -0.3 is 4.55 Å². The summed E-state index contributed by atoms with van der Waals surface area (Å²) >= 11 is 2.02. The molecule has 1 unspecified atom stereocenters. The summed E-state index contributed by atoms with van der Waals surface area (Å²) in [5, 5.41) is 0. The Balaban J connectivity index is 2.65. The number of hydrogen-bond donors (Lipinski definition) is 1. The van der Waals surface area contributed by atoms with Crippen LogP contribution in [-0.4, -0.2) is 9.30 Å². The number of benzene rings is 1. The Morgan fingerprint density at radius 1 is 1.44 bits per heavy atom. The van der Waals surface area contributed by atoms with Gasteiger partial charge in [0.25, 0.3) is 0 Å². The van der Waals surface area contributed by atoms with E-state index in [1.165, 1.54) is 6.07 Å². The molecular weight excluding hydrogens is 293 g/mol. The second-order valence-corrected chi connectivity index (χ2v) is 7.26. The van der Waals surface area contributed by atoms with Crippen LogP contribution in [0.15, 0.2) is 22.7 Å². The van der Waals surface area contributed by atoms with E-state index < -0.39 is 11.4 Å². The van der Waals surface area contributed by atoms with Crippen LogP contribution in [-0.2, 0) is 17.9 Å². The zero-order valence-corrected chi connectivity index (χ0v) is 11.9. The van der Waals surface area contributed by atoms with Crippen LogP contribution in [0.5, 0.6) is 0 Å². The van der Waals surface area contributed by atoms with Gasteiger partial charge in [-0.05, 0) is 48.3 Å². The normalized spacial score (nSPS) is 13.9. The van der Waals surface area contributed by atoms with Crippen LogP contribution in [0.4, 0.5) is 4.39 Å². The highest BCUT2D eigenvalue weighted by Crippen LogP contribution is 2.21. The highest BCUT2D eigenvalue weighted by atomic mass is 79.9. The molecule has 0 heterocycles. The van der Waals surface area contributed by atoms with E-state index in [-0.39, 0.29) is 10.6 Å². The molecule has 1 rings (SSSR count). The minimum atomic E-state index is -1.15. The van der Waals surface area contributed by atoms with Gasteiger partial charge in [0.15, 0.2) is 0 Å². The quantitative estimate of drug-likeness (QED) is 0.871. The van der Waals surface area contributed by atoms with Crippen molar-refractivity contribution in [2.24, 2.45) is 0 Å². The topological polar surface area (TPSA) is 35.1 Å². The van der Waals surface area contributed by atoms with Gasteiger partial charge in [-0.15, -0.1) is 4.72 Å². The molecule has 1 atom stereocenters. The SMILES string of the molecule is CC(C)(C)[S+]([O-])NCc1cccc(F)c1Br. The van der Waals surface area contributed by atoms with Gasteiger partial charge in [-0.2, -0.15) is 0 Å². The minimum absolute atomic E-state index is 0.305. The van der Waals surface area contributed by atoms with E-state index in [1.54, 1.807) is 12.1 Å². The highest BCUT2D eigenvalue weighted by Gasteiger charge is 2.26. The summed E-state index contributed by atoms with van der Waals surface area (Å²) in [4.78, 5) is 0. The summed E-state index contributed by atoms with van der Waals surface area (Å²) in [6.45, 7) is 6.03. The summed E-state index contributed by atoms with van der Waals surface area (Å²) in [7, 11) is 0. The van der Waals surface area contributed by atoms with E-state index in [4.69, 9.17) is 0 Å². The zero-order chi connectivity index (χ0) is 12.3. The molecule has 0 saturated heterocycles. The van der Waals surface area contributed by atoms with Crippen molar-refractivity contribution in [1.29, 1.82) is 0 Å². The molecule has 1 N–H and O–H groups in total. The molecule has 2 nitrogen and oxygen atoms in total. The third-order valence-corrected chi connectivity index (χ3v) is 4.39. The van der Waals surface area contributed by atoms with Crippen molar-refractivity contribution < 1.29 is 8.94 Å². The van der Waals surface area contributed by atoms with Crippen LogP contribution in [0.25, 0.3) is 0 Å². The van der Waals surface area contributed by atoms with Crippen LogP contribution in [0.3, 0.4) is 0 Å². The van der Waals surface area contributed by atoms with Crippen molar-refractivity contribution in [3.8, 4) is 0 Å². The van der Waals surface area contributed by atoms with Gasteiger partial charge in [0.2, 0.25) is 0 Å². The van der Waals surface area contributed by atoms with Crippen molar-refractivity contribution in [1.82, 2.24) is 4.72 Å². The molecule has 1 aromatic rings. The lowest BCUT2D eigenvalue weighted by Crippen LogP contribution is -2.39. The van der Waals surface area contributed by atoms with Crippen molar-refractivity contribution >= 4 is 27.3 Å². The highest BCUT2D eigenvalue weighted by molar-refractivity contribution is 9.10. The monoisotopic (exact) mass is 307 g/mol. The van der Waals surface area contributed by atoms with Crippen LogP contribution in [0.1, 0.15) is 26.3 Å². The second-order valence-electron chi connectivity index (χ2n) is 4.42. The summed E-state index contributed by atoms with van der Waals surface area (Å²) in [5.74, 6) is -0.305. The molecule has 0 aliphatic heterocycles. The van der Waals surface area contributed by atoms with Crippen LogP contribution in [0, 0.1) is 5.82 Å². The summed E-state index contributed by atoms with van der Waals surface area (Å²) in [6, 6.07) is 4.81. The predicted octanol–water partition coefficient (Wildman–Crippen LogP) is 3.14. The van der Waals surface area contributed by atoms with Crippen molar-refractivity contribution in [3.05, 3.63) is 34.1 Å². The summed E-state index contributed by atoms with van der Waals surface area (Å²) < 4.78 is 27.9. The third kappa shape index (κ3) is 3.73. The van der Waals surface area contributed by atoms with Gasteiger partial charge in [-0.3, -0.25) is 0 Å². The van der Waals surface area contributed by atoms with Crippen LogP contribution >= 0.6 is 15.9 Å². The Hall–Kier alpha value is -0.100. The fraction of sp³-hybridized carbons (Fsp3) is 0.455. The molecule has 0 aliphatic rings. The lowest BCUT2D eigenvalue weighted by Gasteiger charge is -2.23. The Bertz CT molecular complexity index is 367. The molecule has 0 fully saturated rings. The van der Waals surface area contributed by atoms with Gasteiger partial charge in [0.05, 0.1) is 11.0 Å². The molecule has 0 aromatic heterocycles. The smallest absolute Gasteiger partial charge is 0.137 e. The maximum Gasteiger partial charge on any atom is 0.137 e. The van der Waals surface area contributed by atoms with Crippen molar-refractivity contribution in [3.63, 3.8) is 0 Å². The largest absolute Gasteiger partial charge is 0.598 e. The molecule has 90 valence electrons. The number of nitrogens with one attached hydrogen (secondary N) is 1. The molecule has 0 spiro atoms. The van der Waals surface area contributed by atoms with Gasteiger partial charge in [0.1, 0.15) is 10.6 Å². The molecule has 0 aliphatic carbocycles. The Kier molecular flexibility index (Phi) is 4.79.